The molecular formula is C32H42N2O5. The van der Waals surface area contributed by atoms with E-state index in [-0.39, 0.29) is 30.3 Å². The summed E-state index contributed by atoms with van der Waals surface area (Å²) >= 11 is 0. The Kier molecular flexibility index (Phi) is 7.23. The Labute approximate surface area is 232 Å². The normalized spacial score (nSPS) is 28.3. The van der Waals surface area contributed by atoms with Crippen LogP contribution < -0.4 is 9.47 Å². The van der Waals surface area contributed by atoms with Crippen LogP contribution in [0.15, 0.2) is 48.5 Å². The Balaban J connectivity index is 1.41. The van der Waals surface area contributed by atoms with Crippen LogP contribution in [0.1, 0.15) is 50.7 Å². The van der Waals surface area contributed by atoms with Crippen molar-refractivity contribution in [3.63, 3.8) is 0 Å². The quantitative estimate of drug-likeness (QED) is 0.414. The summed E-state index contributed by atoms with van der Waals surface area (Å²) in [6, 6.07) is 16.3. The van der Waals surface area contributed by atoms with Gasteiger partial charge in [-0.25, -0.2) is 4.79 Å². The summed E-state index contributed by atoms with van der Waals surface area (Å²) in [5.74, 6) is 2.05. The molecule has 2 heterocycles. The van der Waals surface area contributed by atoms with Crippen molar-refractivity contribution in [2.75, 3.05) is 27.3 Å². The van der Waals surface area contributed by atoms with Gasteiger partial charge in [-0.2, -0.15) is 0 Å². The van der Waals surface area contributed by atoms with Gasteiger partial charge in [0, 0.05) is 13.1 Å². The smallest absolute Gasteiger partial charge is 0.320 e. The molecule has 2 saturated heterocycles. The van der Waals surface area contributed by atoms with E-state index < -0.39 is 5.79 Å². The minimum Gasteiger partial charge on any atom is -0.497 e. The molecule has 0 spiro atoms. The average molecular weight is 535 g/mol. The van der Waals surface area contributed by atoms with Crippen LogP contribution in [0.3, 0.4) is 0 Å². The fourth-order valence-corrected chi connectivity index (χ4v) is 6.33. The molecule has 2 amide bonds. The van der Waals surface area contributed by atoms with Crippen LogP contribution in [0, 0.1) is 11.8 Å². The zero-order chi connectivity index (χ0) is 27.1. The van der Waals surface area contributed by atoms with Gasteiger partial charge in [0.15, 0.2) is 5.79 Å². The number of ether oxygens (including phenoxy) is 4. The van der Waals surface area contributed by atoms with E-state index in [4.69, 9.17) is 18.9 Å². The van der Waals surface area contributed by atoms with E-state index in [0.717, 1.165) is 35.7 Å². The van der Waals surface area contributed by atoms with E-state index in [1.54, 1.807) is 14.2 Å². The van der Waals surface area contributed by atoms with E-state index in [1.165, 1.54) is 25.7 Å². The standard InChI is InChI=1S/C32H42N2O5/c1-32(2)38-29-27(17-23-7-5-9-25(15-23)36-3)33(19-21-11-12-21)31(35)34(20-22-13-14-22)28(30(29)39-32)18-24-8-6-10-26(16-24)37-4/h5-10,15-16,21-22,27-30H,11-14,17-20H2,1-4H3/t27-,28-,29+,30+/m1/s1. The summed E-state index contributed by atoms with van der Waals surface area (Å²) < 4.78 is 24.5. The maximum absolute atomic E-state index is 14.6. The number of methoxy groups -OCH3 is 2. The molecule has 2 aromatic carbocycles. The Morgan fingerprint density at radius 3 is 1.59 bits per heavy atom. The number of rotatable bonds is 10. The van der Waals surface area contributed by atoms with Crippen molar-refractivity contribution in [1.82, 2.24) is 9.80 Å². The lowest BCUT2D eigenvalue weighted by Gasteiger charge is -2.37. The number of benzene rings is 2. The number of nitrogens with zero attached hydrogens (tertiary/aromatic N) is 2. The first-order chi connectivity index (χ1) is 18.8. The molecule has 4 fully saturated rings. The molecule has 0 aromatic heterocycles. The fourth-order valence-electron chi connectivity index (χ4n) is 6.33. The highest BCUT2D eigenvalue weighted by atomic mass is 16.8. The molecule has 210 valence electrons. The molecule has 2 aliphatic heterocycles. The summed E-state index contributed by atoms with van der Waals surface area (Å²) in [5, 5.41) is 0. The van der Waals surface area contributed by atoms with Crippen LogP contribution in [0.4, 0.5) is 4.79 Å². The minimum absolute atomic E-state index is 0.131. The van der Waals surface area contributed by atoms with Crippen LogP contribution in [0.25, 0.3) is 0 Å². The van der Waals surface area contributed by atoms with Crippen LogP contribution in [-0.4, -0.2) is 73.2 Å². The third kappa shape index (κ3) is 5.90. The Morgan fingerprint density at radius 1 is 0.769 bits per heavy atom. The average Bonchev–Trinajstić information content (AvgIpc) is 3.87. The van der Waals surface area contributed by atoms with Crippen molar-refractivity contribution in [2.45, 2.75) is 82.5 Å². The molecule has 0 radical (unpaired) electrons. The van der Waals surface area contributed by atoms with Gasteiger partial charge < -0.3 is 28.7 Å². The van der Waals surface area contributed by atoms with E-state index in [0.29, 0.717) is 24.7 Å². The second-order valence-corrected chi connectivity index (χ2v) is 12.3. The van der Waals surface area contributed by atoms with Gasteiger partial charge in [-0.1, -0.05) is 24.3 Å². The largest absolute Gasteiger partial charge is 0.497 e. The van der Waals surface area contributed by atoms with Gasteiger partial charge in [0.25, 0.3) is 0 Å². The first-order valence-electron chi connectivity index (χ1n) is 14.5. The molecule has 7 heteroatoms. The SMILES string of the molecule is COc1cccc(C[C@@H]2[C@@H]3OC(C)(C)O[C@H]3[C@@H](Cc3cccc(OC)c3)N(CC3CC3)C(=O)N2CC2CC2)c1. The second-order valence-electron chi connectivity index (χ2n) is 12.3. The van der Waals surface area contributed by atoms with Crippen molar-refractivity contribution >= 4 is 6.03 Å². The molecule has 0 bridgehead atoms. The molecular weight excluding hydrogens is 492 g/mol. The number of carbonyl (C=O) groups excluding carboxylic acids is 1. The minimum atomic E-state index is -0.731. The highest BCUT2D eigenvalue weighted by molar-refractivity contribution is 5.76. The lowest BCUT2D eigenvalue weighted by atomic mass is 9.91. The first kappa shape index (κ1) is 26.5. The molecule has 4 atom stereocenters. The topological polar surface area (TPSA) is 60.5 Å². The molecule has 39 heavy (non-hydrogen) atoms. The van der Waals surface area contributed by atoms with Crippen LogP contribution in [0.2, 0.25) is 0 Å². The monoisotopic (exact) mass is 534 g/mol. The molecule has 0 N–H and O–H groups in total. The third-order valence-electron chi connectivity index (χ3n) is 8.68. The van der Waals surface area contributed by atoms with Crippen LogP contribution in [-0.2, 0) is 22.3 Å². The van der Waals surface area contributed by atoms with Crippen LogP contribution in [0.5, 0.6) is 11.5 Å². The number of hydrogen-bond acceptors (Lipinski definition) is 5. The van der Waals surface area contributed by atoms with Gasteiger partial charge >= 0.3 is 6.03 Å². The van der Waals surface area contributed by atoms with E-state index in [1.807, 2.05) is 38.1 Å². The maximum atomic E-state index is 14.6. The molecule has 2 aromatic rings. The van der Waals surface area contributed by atoms with Gasteiger partial charge in [-0.15, -0.1) is 0 Å². The third-order valence-corrected chi connectivity index (χ3v) is 8.68. The van der Waals surface area contributed by atoms with Gasteiger partial charge in [-0.05, 0) is 99.6 Å². The first-order valence-corrected chi connectivity index (χ1v) is 14.5. The van der Waals surface area contributed by atoms with Crippen LogP contribution >= 0.6 is 0 Å². The number of urea groups is 1. The molecule has 6 rings (SSSR count). The van der Waals surface area contributed by atoms with Gasteiger partial charge in [-0.3, -0.25) is 0 Å². The van der Waals surface area contributed by atoms with Gasteiger partial charge in [0.1, 0.15) is 23.7 Å². The van der Waals surface area contributed by atoms with Crippen molar-refractivity contribution in [3.05, 3.63) is 59.7 Å². The number of fused-ring (bicyclic) bond motifs is 1. The highest BCUT2D eigenvalue weighted by Gasteiger charge is 2.56. The zero-order valence-electron chi connectivity index (χ0n) is 23.7. The summed E-state index contributed by atoms with van der Waals surface area (Å²) in [7, 11) is 3.39. The lowest BCUT2D eigenvalue weighted by molar-refractivity contribution is -0.157. The molecule has 7 nitrogen and oxygen atoms in total. The van der Waals surface area contributed by atoms with E-state index in [9.17, 15) is 4.79 Å². The Bertz CT molecular complexity index is 1090. The van der Waals surface area contributed by atoms with Crippen molar-refractivity contribution in [3.8, 4) is 11.5 Å². The zero-order valence-corrected chi connectivity index (χ0v) is 23.7. The predicted molar refractivity (Wildman–Crippen MR) is 149 cm³/mol. The van der Waals surface area contributed by atoms with Gasteiger partial charge in [0.05, 0.1) is 26.3 Å². The fraction of sp³-hybridized carbons (Fsp3) is 0.594. The van der Waals surface area contributed by atoms with Gasteiger partial charge in [0.2, 0.25) is 0 Å². The molecule has 2 saturated carbocycles. The molecule has 4 aliphatic rings. The van der Waals surface area contributed by atoms with E-state index >= 15 is 0 Å². The number of amides is 2. The summed E-state index contributed by atoms with van der Waals surface area (Å²) in [5.41, 5.74) is 2.28. The Morgan fingerprint density at radius 2 is 1.21 bits per heavy atom. The summed E-state index contributed by atoms with van der Waals surface area (Å²) in [4.78, 5) is 18.9. The van der Waals surface area contributed by atoms with Crippen molar-refractivity contribution in [2.24, 2.45) is 11.8 Å². The van der Waals surface area contributed by atoms with Crippen molar-refractivity contribution < 1.29 is 23.7 Å². The summed E-state index contributed by atoms with van der Waals surface area (Å²) in [6.45, 7) is 5.55. The summed E-state index contributed by atoms with van der Waals surface area (Å²) in [6.07, 6.45) is 5.64. The number of carbonyl (C=O) groups is 1. The number of hydrogen-bond donors (Lipinski definition) is 0. The van der Waals surface area contributed by atoms with Crippen molar-refractivity contribution in [1.29, 1.82) is 0 Å². The lowest BCUT2D eigenvalue weighted by Crippen LogP contribution is -2.53. The highest BCUT2D eigenvalue weighted by Crippen LogP contribution is 2.43. The van der Waals surface area contributed by atoms with E-state index in [2.05, 4.69) is 34.1 Å². The molecule has 0 unspecified atom stereocenters. The Hall–Kier alpha value is -2.77. The maximum Gasteiger partial charge on any atom is 0.320 e. The second kappa shape index (κ2) is 10.7. The predicted octanol–water partition coefficient (Wildman–Crippen LogP) is 5.30. The molecule has 2 aliphatic carbocycles.